The molecule has 1 fully saturated rings. The van der Waals surface area contributed by atoms with Gasteiger partial charge < -0.3 is 16.1 Å². The second-order valence-electron chi connectivity index (χ2n) is 10.2. The Labute approximate surface area is 205 Å². The third kappa shape index (κ3) is 8.03. The molecule has 2 rings (SSSR count). The molecule has 5 N–H and O–H groups in total. The summed E-state index contributed by atoms with van der Waals surface area (Å²) in [4.78, 5) is 8.91. The van der Waals surface area contributed by atoms with Crippen molar-refractivity contribution in [2.75, 3.05) is 13.6 Å². The highest BCUT2D eigenvalue weighted by atomic mass is 15.4. The monoisotopic (exact) mass is 463 g/mol. The van der Waals surface area contributed by atoms with E-state index in [1.165, 1.54) is 42.7 Å². The smallest absolute Gasteiger partial charge is 0.144 e. The van der Waals surface area contributed by atoms with Gasteiger partial charge in [-0.3, -0.25) is 0 Å². The number of likely N-dealkylation sites (N-methyl/N-ethyl adjacent to an activating group) is 1. The van der Waals surface area contributed by atoms with Gasteiger partial charge in [-0.25, -0.2) is 15.8 Å². The largest absolute Gasteiger partial charge is 0.395 e. The van der Waals surface area contributed by atoms with E-state index in [1.54, 1.807) is 13.3 Å². The van der Waals surface area contributed by atoms with Gasteiger partial charge >= 0.3 is 0 Å². The number of nitriles is 1. The van der Waals surface area contributed by atoms with Crippen LogP contribution in [0.1, 0.15) is 76.8 Å². The van der Waals surface area contributed by atoms with Crippen LogP contribution in [0, 0.1) is 22.7 Å². The number of hydrogen-bond donors (Lipinski definition) is 3. The minimum atomic E-state index is 0.0919. The zero-order valence-corrected chi connectivity index (χ0v) is 21.5. The lowest BCUT2D eigenvalue weighted by atomic mass is 9.84. The summed E-state index contributed by atoms with van der Waals surface area (Å²) >= 11 is 0. The van der Waals surface area contributed by atoms with Crippen molar-refractivity contribution in [1.29, 1.82) is 5.26 Å². The van der Waals surface area contributed by atoms with Gasteiger partial charge in [-0.1, -0.05) is 71.1 Å². The molecule has 7 heteroatoms. The van der Waals surface area contributed by atoms with Crippen LogP contribution in [0.15, 0.2) is 46.9 Å². The van der Waals surface area contributed by atoms with Crippen molar-refractivity contribution in [3.8, 4) is 6.07 Å². The Morgan fingerprint density at radius 1 is 1.32 bits per heavy atom. The fourth-order valence-corrected chi connectivity index (χ4v) is 3.88. The molecule has 0 amide bonds. The SMILES string of the molecule is C=C(N=C/C=C(\C)C(C)(C)C)NC/C(=C(/N)c1ccc(CC2CCCCC2)c(C#N)n1)N(C)N. The molecule has 0 aromatic carbocycles. The lowest BCUT2D eigenvalue weighted by Crippen LogP contribution is -2.33. The van der Waals surface area contributed by atoms with Crippen LogP contribution in [0.4, 0.5) is 0 Å². The molecular formula is C27H41N7. The molecule has 0 saturated heterocycles. The van der Waals surface area contributed by atoms with Crippen molar-refractivity contribution in [1.82, 2.24) is 15.3 Å². The summed E-state index contributed by atoms with van der Waals surface area (Å²) in [6, 6.07) is 6.12. The number of aliphatic imine (C=N–C) groups is 1. The average molecular weight is 464 g/mol. The van der Waals surface area contributed by atoms with Gasteiger partial charge in [0.2, 0.25) is 0 Å². The zero-order valence-electron chi connectivity index (χ0n) is 21.5. The first kappa shape index (κ1) is 27.1. The normalized spacial score (nSPS) is 16.2. The zero-order chi connectivity index (χ0) is 25.3. The van der Waals surface area contributed by atoms with Crippen LogP contribution in [0.25, 0.3) is 5.70 Å². The number of nitrogens with two attached hydrogens (primary N) is 2. The Morgan fingerprint density at radius 2 is 2.00 bits per heavy atom. The standard InChI is InChI=1S/C27H41N7/c1-19(27(3,4)5)14-15-31-20(2)32-18-25(34(6)30)26(29)23-13-12-22(24(17-28)33-23)16-21-10-8-7-9-11-21/h12-15,21,32H,2,7-11,16,18,29-30H2,1,3-6H3/b19-14+,26-25-,31-15?. The fourth-order valence-electron chi connectivity index (χ4n) is 3.88. The molecule has 1 aromatic heterocycles. The number of allylic oxidation sites excluding steroid dienone is 2. The lowest BCUT2D eigenvalue weighted by Gasteiger charge is -2.22. The quantitative estimate of drug-likeness (QED) is 0.279. The number of nitrogens with zero attached hydrogens (tertiary/aromatic N) is 4. The van der Waals surface area contributed by atoms with Crippen molar-refractivity contribution in [3.63, 3.8) is 0 Å². The molecule has 0 bridgehead atoms. The molecule has 0 aliphatic heterocycles. The van der Waals surface area contributed by atoms with E-state index in [1.807, 2.05) is 18.2 Å². The van der Waals surface area contributed by atoms with Crippen LogP contribution in [0.2, 0.25) is 0 Å². The van der Waals surface area contributed by atoms with E-state index in [0.717, 1.165) is 12.0 Å². The Balaban J connectivity index is 2.14. The third-order valence-corrected chi connectivity index (χ3v) is 6.53. The van der Waals surface area contributed by atoms with Crippen LogP contribution >= 0.6 is 0 Å². The summed E-state index contributed by atoms with van der Waals surface area (Å²) in [5.74, 6) is 7.19. The molecule has 0 spiro atoms. The highest BCUT2D eigenvalue weighted by Gasteiger charge is 2.18. The summed E-state index contributed by atoms with van der Waals surface area (Å²) in [6.07, 6.45) is 10.9. The van der Waals surface area contributed by atoms with Gasteiger partial charge in [0, 0.05) is 13.3 Å². The number of aromatic nitrogens is 1. The molecule has 1 heterocycles. The topological polar surface area (TPSA) is 116 Å². The lowest BCUT2D eigenvalue weighted by molar-refractivity contribution is 0.356. The predicted octanol–water partition coefficient (Wildman–Crippen LogP) is 4.63. The number of hydrogen-bond acceptors (Lipinski definition) is 7. The van der Waals surface area contributed by atoms with Gasteiger partial charge in [0.15, 0.2) is 0 Å². The van der Waals surface area contributed by atoms with Gasteiger partial charge in [0.1, 0.15) is 17.6 Å². The van der Waals surface area contributed by atoms with E-state index in [-0.39, 0.29) is 5.41 Å². The molecule has 1 aliphatic rings. The van der Waals surface area contributed by atoms with Gasteiger partial charge in [-0.05, 0) is 42.4 Å². The fraction of sp³-hybridized carbons (Fsp3) is 0.519. The third-order valence-electron chi connectivity index (χ3n) is 6.53. The maximum absolute atomic E-state index is 9.70. The van der Waals surface area contributed by atoms with Crippen LogP contribution < -0.4 is 16.9 Å². The first-order valence-corrected chi connectivity index (χ1v) is 12.0. The Hall–Kier alpha value is -3.11. The van der Waals surface area contributed by atoms with Crippen molar-refractivity contribution >= 4 is 11.9 Å². The number of pyridine rings is 1. The highest BCUT2D eigenvalue weighted by Crippen LogP contribution is 2.28. The van der Waals surface area contributed by atoms with Crippen molar-refractivity contribution in [2.24, 2.45) is 27.9 Å². The molecule has 184 valence electrons. The van der Waals surface area contributed by atoms with E-state index < -0.39 is 0 Å². The van der Waals surface area contributed by atoms with Gasteiger partial charge in [-0.2, -0.15) is 5.26 Å². The van der Waals surface area contributed by atoms with Crippen molar-refractivity contribution < 1.29 is 0 Å². The molecule has 1 aromatic rings. The molecule has 1 saturated carbocycles. The number of rotatable bonds is 9. The molecular weight excluding hydrogens is 422 g/mol. The Bertz CT molecular complexity index is 981. The van der Waals surface area contributed by atoms with E-state index in [2.05, 4.69) is 55.6 Å². The van der Waals surface area contributed by atoms with Gasteiger partial charge in [0.05, 0.1) is 23.6 Å². The summed E-state index contributed by atoms with van der Waals surface area (Å²) in [6.45, 7) is 12.8. The Morgan fingerprint density at radius 3 is 2.59 bits per heavy atom. The molecule has 0 radical (unpaired) electrons. The van der Waals surface area contributed by atoms with Crippen LogP contribution in [0.3, 0.4) is 0 Å². The minimum absolute atomic E-state index is 0.0919. The van der Waals surface area contributed by atoms with Crippen LogP contribution in [-0.4, -0.2) is 29.8 Å². The highest BCUT2D eigenvalue weighted by molar-refractivity contribution is 5.73. The van der Waals surface area contributed by atoms with Gasteiger partial charge in [0.25, 0.3) is 0 Å². The molecule has 34 heavy (non-hydrogen) atoms. The Kier molecular flexibility index (Phi) is 9.88. The number of nitrogens with one attached hydrogen (secondary N) is 1. The summed E-state index contributed by atoms with van der Waals surface area (Å²) in [7, 11) is 1.72. The molecule has 7 nitrogen and oxygen atoms in total. The van der Waals surface area contributed by atoms with Gasteiger partial charge in [-0.15, -0.1) is 0 Å². The maximum atomic E-state index is 9.70. The average Bonchev–Trinajstić information content (AvgIpc) is 2.79. The van der Waals surface area contributed by atoms with Crippen molar-refractivity contribution in [3.05, 3.63) is 58.8 Å². The number of hydrazine groups is 1. The molecule has 0 unspecified atom stereocenters. The van der Waals surface area contributed by atoms with E-state index >= 15 is 0 Å². The van der Waals surface area contributed by atoms with Crippen LogP contribution in [-0.2, 0) is 6.42 Å². The summed E-state index contributed by atoms with van der Waals surface area (Å²) in [5, 5.41) is 14.3. The first-order valence-electron chi connectivity index (χ1n) is 12.0. The summed E-state index contributed by atoms with van der Waals surface area (Å²) < 4.78 is 0. The first-order chi connectivity index (χ1) is 16.0. The second kappa shape index (κ2) is 12.4. The van der Waals surface area contributed by atoms with E-state index in [9.17, 15) is 5.26 Å². The molecule has 1 aliphatic carbocycles. The van der Waals surface area contributed by atoms with Crippen molar-refractivity contribution in [2.45, 2.75) is 66.2 Å². The maximum Gasteiger partial charge on any atom is 0.144 e. The predicted molar refractivity (Wildman–Crippen MR) is 141 cm³/mol. The van der Waals surface area contributed by atoms with E-state index in [4.69, 9.17) is 11.6 Å². The van der Waals surface area contributed by atoms with E-state index in [0.29, 0.717) is 41.1 Å². The van der Waals surface area contributed by atoms with Crippen LogP contribution in [0.5, 0.6) is 0 Å². The minimum Gasteiger partial charge on any atom is -0.395 e. The second-order valence-corrected chi connectivity index (χ2v) is 10.2. The summed E-state index contributed by atoms with van der Waals surface area (Å²) in [5.41, 5.74) is 10.8. The molecule has 0 atom stereocenters.